The van der Waals surface area contributed by atoms with Gasteiger partial charge in [0, 0.05) is 41.1 Å². The van der Waals surface area contributed by atoms with Gasteiger partial charge in [-0.05, 0) is 37.2 Å². The first kappa shape index (κ1) is 20.6. The summed E-state index contributed by atoms with van der Waals surface area (Å²) < 4.78 is 15.9. The molecule has 0 aliphatic heterocycles. The van der Waals surface area contributed by atoms with Crippen LogP contribution in [0.15, 0.2) is 54.6 Å². The SMILES string of the molecule is CN(C)Cc1cncc(-c2ncc3[nH]nc(-c4nc5c(-c6cccs6)cncc5[nH]4)c3c2F)c1. The van der Waals surface area contributed by atoms with Crippen molar-refractivity contribution in [2.75, 3.05) is 14.1 Å². The number of nitrogens with one attached hydrogen (secondary N) is 2. The van der Waals surface area contributed by atoms with Gasteiger partial charge in [0.25, 0.3) is 0 Å². The molecule has 168 valence electrons. The molecule has 6 heterocycles. The number of imidazole rings is 1. The van der Waals surface area contributed by atoms with Crippen LogP contribution >= 0.6 is 11.3 Å². The first-order valence-electron chi connectivity index (χ1n) is 10.6. The van der Waals surface area contributed by atoms with Crippen LogP contribution in [0.3, 0.4) is 0 Å². The monoisotopic (exact) mass is 470 g/mol. The van der Waals surface area contributed by atoms with Crippen molar-refractivity contribution >= 4 is 33.3 Å². The molecule has 0 radical (unpaired) electrons. The third-order valence-electron chi connectivity index (χ3n) is 5.52. The van der Waals surface area contributed by atoms with E-state index in [0.717, 1.165) is 27.0 Å². The van der Waals surface area contributed by atoms with E-state index in [1.807, 2.05) is 42.6 Å². The van der Waals surface area contributed by atoms with Gasteiger partial charge in [-0.25, -0.2) is 9.37 Å². The fourth-order valence-electron chi connectivity index (χ4n) is 4.07. The summed E-state index contributed by atoms with van der Waals surface area (Å²) in [5.74, 6) is -0.00953. The molecule has 0 saturated carbocycles. The molecule has 0 aliphatic carbocycles. The summed E-state index contributed by atoms with van der Waals surface area (Å²) >= 11 is 1.61. The van der Waals surface area contributed by atoms with Crippen molar-refractivity contribution in [3.8, 4) is 33.2 Å². The lowest BCUT2D eigenvalue weighted by Crippen LogP contribution is -2.10. The number of H-pyrrole nitrogens is 2. The van der Waals surface area contributed by atoms with Crippen molar-refractivity contribution in [1.82, 2.24) is 40.0 Å². The Hall–Kier alpha value is -4.02. The van der Waals surface area contributed by atoms with Gasteiger partial charge in [-0.1, -0.05) is 6.07 Å². The summed E-state index contributed by atoms with van der Waals surface area (Å²) in [5.41, 5.74) is 5.13. The summed E-state index contributed by atoms with van der Waals surface area (Å²) in [6.45, 7) is 0.696. The second-order valence-electron chi connectivity index (χ2n) is 8.25. The molecule has 0 aromatic carbocycles. The highest BCUT2D eigenvalue weighted by Gasteiger charge is 2.21. The largest absolute Gasteiger partial charge is 0.335 e. The second-order valence-corrected chi connectivity index (χ2v) is 9.19. The standard InChI is InChI=1S/C24H19FN8S/c1-33(2)12-13-6-14(8-26-7-13)21-20(25)19-16(11-28-21)31-32-23(19)24-29-17-10-27-9-15(22(17)30-24)18-4-3-5-34-18/h3-11H,12H2,1-2H3,(H,29,30)(H,31,32). The maximum Gasteiger partial charge on any atom is 0.161 e. The van der Waals surface area contributed by atoms with E-state index < -0.39 is 5.82 Å². The molecular weight excluding hydrogens is 451 g/mol. The predicted octanol–water partition coefficient (Wildman–Crippen LogP) is 4.89. The molecule has 0 saturated heterocycles. The van der Waals surface area contributed by atoms with E-state index in [1.54, 1.807) is 42.3 Å². The normalized spacial score (nSPS) is 11.8. The van der Waals surface area contributed by atoms with Crippen LogP contribution in [0.1, 0.15) is 5.56 Å². The van der Waals surface area contributed by atoms with Crippen LogP contribution in [-0.2, 0) is 6.54 Å². The third kappa shape index (κ3) is 3.44. The van der Waals surface area contributed by atoms with E-state index in [4.69, 9.17) is 4.98 Å². The minimum Gasteiger partial charge on any atom is -0.335 e. The highest BCUT2D eigenvalue weighted by Crippen LogP contribution is 2.35. The highest BCUT2D eigenvalue weighted by molar-refractivity contribution is 7.13. The smallest absolute Gasteiger partial charge is 0.161 e. The lowest BCUT2D eigenvalue weighted by Gasteiger charge is -2.10. The molecule has 0 unspecified atom stereocenters. The molecule has 2 N–H and O–H groups in total. The predicted molar refractivity (Wildman–Crippen MR) is 131 cm³/mol. The molecule has 0 bridgehead atoms. The average Bonchev–Trinajstić information content (AvgIpc) is 3.57. The number of rotatable bonds is 5. The summed E-state index contributed by atoms with van der Waals surface area (Å²) in [5, 5.41) is 9.58. The molecule has 0 atom stereocenters. The zero-order valence-electron chi connectivity index (χ0n) is 18.4. The number of hydrogen-bond acceptors (Lipinski definition) is 7. The van der Waals surface area contributed by atoms with E-state index in [0.29, 0.717) is 34.5 Å². The Bertz CT molecular complexity index is 1630. The van der Waals surface area contributed by atoms with Crippen molar-refractivity contribution in [1.29, 1.82) is 0 Å². The van der Waals surface area contributed by atoms with Crippen LogP contribution in [0.25, 0.3) is 55.2 Å². The Morgan fingerprint density at radius 2 is 1.91 bits per heavy atom. The van der Waals surface area contributed by atoms with E-state index in [1.165, 1.54) is 0 Å². The third-order valence-corrected chi connectivity index (χ3v) is 6.42. The van der Waals surface area contributed by atoms with Crippen LogP contribution in [0.2, 0.25) is 0 Å². The summed E-state index contributed by atoms with van der Waals surface area (Å²) in [4.78, 5) is 24.1. The Balaban J connectivity index is 1.50. The Morgan fingerprint density at radius 3 is 2.74 bits per heavy atom. The Kier molecular flexibility index (Phi) is 4.89. The van der Waals surface area contributed by atoms with Crippen LogP contribution in [0, 0.1) is 5.82 Å². The number of thiophene rings is 1. The number of aromatic amines is 2. The van der Waals surface area contributed by atoms with Crippen molar-refractivity contribution in [3.63, 3.8) is 0 Å². The molecule has 6 rings (SSSR count). The molecule has 6 aromatic rings. The van der Waals surface area contributed by atoms with Gasteiger partial charge < -0.3 is 9.88 Å². The number of halogens is 1. The van der Waals surface area contributed by atoms with Crippen LogP contribution in [0.4, 0.5) is 4.39 Å². The van der Waals surface area contributed by atoms with Gasteiger partial charge in [-0.15, -0.1) is 11.3 Å². The highest BCUT2D eigenvalue weighted by atomic mass is 32.1. The number of nitrogens with zero attached hydrogens (tertiary/aromatic N) is 6. The number of pyridine rings is 3. The van der Waals surface area contributed by atoms with E-state index >= 15 is 4.39 Å². The molecule has 0 fully saturated rings. The van der Waals surface area contributed by atoms with Gasteiger partial charge in [0.15, 0.2) is 11.6 Å². The van der Waals surface area contributed by atoms with E-state index in [9.17, 15) is 0 Å². The summed E-state index contributed by atoms with van der Waals surface area (Å²) in [6, 6.07) is 5.92. The first-order chi connectivity index (χ1) is 16.6. The van der Waals surface area contributed by atoms with Gasteiger partial charge in [0.05, 0.1) is 28.8 Å². The first-order valence-corrected chi connectivity index (χ1v) is 11.5. The molecule has 8 nitrogen and oxygen atoms in total. The fraction of sp³-hybridized carbons (Fsp3) is 0.125. The molecule has 0 spiro atoms. The lowest BCUT2D eigenvalue weighted by molar-refractivity contribution is 0.402. The van der Waals surface area contributed by atoms with E-state index in [2.05, 4.69) is 30.1 Å². The van der Waals surface area contributed by atoms with Gasteiger partial charge >= 0.3 is 0 Å². The van der Waals surface area contributed by atoms with Crippen molar-refractivity contribution in [2.24, 2.45) is 0 Å². The minimum atomic E-state index is -0.470. The van der Waals surface area contributed by atoms with Gasteiger partial charge in [0.1, 0.15) is 16.9 Å². The minimum absolute atomic E-state index is 0.223. The van der Waals surface area contributed by atoms with Crippen LogP contribution < -0.4 is 0 Å². The van der Waals surface area contributed by atoms with Gasteiger partial charge in [0.2, 0.25) is 0 Å². The number of fused-ring (bicyclic) bond motifs is 2. The van der Waals surface area contributed by atoms with Gasteiger partial charge in [-0.2, -0.15) is 5.10 Å². The number of hydrogen-bond donors (Lipinski definition) is 2. The topological polar surface area (TPSA) is 99.3 Å². The quantitative estimate of drug-likeness (QED) is 0.372. The zero-order chi connectivity index (χ0) is 23.2. The molecule has 6 aromatic heterocycles. The Morgan fingerprint density at radius 1 is 1.03 bits per heavy atom. The van der Waals surface area contributed by atoms with E-state index in [-0.39, 0.29) is 5.69 Å². The van der Waals surface area contributed by atoms with Crippen molar-refractivity contribution in [3.05, 3.63) is 65.9 Å². The molecule has 34 heavy (non-hydrogen) atoms. The fourth-order valence-corrected chi connectivity index (χ4v) is 4.81. The van der Waals surface area contributed by atoms with Gasteiger partial charge in [-0.3, -0.25) is 20.1 Å². The summed E-state index contributed by atoms with van der Waals surface area (Å²) in [6.07, 6.45) is 8.48. The van der Waals surface area contributed by atoms with Crippen molar-refractivity contribution < 1.29 is 4.39 Å². The Labute approximate surface area is 197 Å². The number of aromatic nitrogens is 7. The zero-order valence-corrected chi connectivity index (χ0v) is 19.2. The second kappa shape index (κ2) is 8.08. The molecular formula is C24H19FN8S. The van der Waals surface area contributed by atoms with Crippen LogP contribution in [0.5, 0.6) is 0 Å². The van der Waals surface area contributed by atoms with Crippen LogP contribution in [-0.4, -0.2) is 54.1 Å². The molecule has 0 amide bonds. The summed E-state index contributed by atoms with van der Waals surface area (Å²) in [7, 11) is 3.95. The maximum atomic E-state index is 15.9. The average molecular weight is 471 g/mol. The maximum absolute atomic E-state index is 15.9. The molecule has 0 aliphatic rings. The van der Waals surface area contributed by atoms with Crippen molar-refractivity contribution in [2.45, 2.75) is 6.54 Å². The molecule has 10 heteroatoms. The lowest BCUT2D eigenvalue weighted by atomic mass is 10.1.